The Labute approximate surface area is 181 Å². The van der Waals surface area contributed by atoms with Gasteiger partial charge in [0, 0.05) is 13.1 Å². The maximum atomic E-state index is 13.0. The van der Waals surface area contributed by atoms with Gasteiger partial charge in [0.25, 0.3) is 5.91 Å². The molecule has 0 spiro atoms. The van der Waals surface area contributed by atoms with E-state index in [9.17, 15) is 13.2 Å². The highest BCUT2D eigenvalue weighted by Gasteiger charge is 2.25. The van der Waals surface area contributed by atoms with Crippen LogP contribution in [0, 0.1) is 6.92 Å². The first-order chi connectivity index (χ1) is 14.3. The molecule has 154 valence electrons. The van der Waals surface area contributed by atoms with Crippen molar-refractivity contribution < 1.29 is 13.2 Å². The number of rotatable bonds is 4. The third-order valence-electron chi connectivity index (χ3n) is 5.26. The number of aryl methyl sites for hydroxylation is 1. The lowest BCUT2D eigenvalue weighted by molar-refractivity contribution is 0.0728. The van der Waals surface area contributed by atoms with Crippen LogP contribution in [-0.4, -0.2) is 30.8 Å². The molecule has 1 aliphatic heterocycles. The van der Waals surface area contributed by atoms with Crippen LogP contribution in [0.25, 0.3) is 0 Å². The van der Waals surface area contributed by atoms with Gasteiger partial charge < -0.3 is 4.90 Å². The fourth-order valence-corrected chi connectivity index (χ4v) is 5.98. The summed E-state index contributed by atoms with van der Waals surface area (Å²) in [7, 11) is -3.70. The molecule has 7 heteroatoms. The van der Waals surface area contributed by atoms with E-state index in [0.717, 1.165) is 12.0 Å². The van der Waals surface area contributed by atoms with Crippen LogP contribution < -0.4 is 0 Å². The number of aromatic nitrogens is 1. The van der Waals surface area contributed by atoms with Gasteiger partial charge in [-0.1, -0.05) is 54.1 Å². The Balaban J connectivity index is 1.57. The maximum absolute atomic E-state index is 13.0. The van der Waals surface area contributed by atoms with Crippen molar-refractivity contribution in [2.45, 2.75) is 30.5 Å². The molecule has 0 N–H and O–H groups in total. The quantitative estimate of drug-likeness (QED) is 0.609. The first-order valence-electron chi connectivity index (χ1n) is 9.65. The van der Waals surface area contributed by atoms with E-state index in [1.54, 1.807) is 48.2 Å². The van der Waals surface area contributed by atoms with E-state index in [1.807, 2.05) is 18.2 Å². The molecule has 5 nitrogen and oxygen atoms in total. The van der Waals surface area contributed by atoms with E-state index in [2.05, 4.69) is 11.1 Å². The highest BCUT2D eigenvalue weighted by atomic mass is 35.5. The zero-order valence-electron chi connectivity index (χ0n) is 16.5. The van der Waals surface area contributed by atoms with Crippen molar-refractivity contribution in [1.29, 1.82) is 0 Å². The minimum absolute atomic E-state index is 0.109. The number of sulfone groups is 1. The van der Waals surface area contributed by atoms with Crippen molar-refractivity contribution >= 4 is 27.3 Å². The fourth-order valence-electron chi connectivity index (χ4n) is 3.79. The lowest BCUT2D eigenvalue weighted by Crippen LogP contribution is -2.36. The number of pyridine rings is 1. The molecule has 0 fully saturated rings. The van der Waals surface area contributed by atoms with E-state index in [1.165, 1.54) is 5.56 Å². The van der Waals surface area contributed by atoms with Crippen molar-refractivity contribution in [3.05, 3.63) is 93.8 Å². The number of fused-ring (bicyclic) bond motifs is 1. The molecule has 0 unspecified atom stereocenters. The Morgan fingerprint density at radius 1 is 1.03 bits per heavy atom. The number of carbonyl (C=O) groups excluding carboxylic acids is 1. The van der Waals surface area contributed by atoms with Gasteiger partial charge in [-0.2, -0.15) is 0 Å². The lowest BCUT2D eigenvalue weighted by Gasteiger charge is -2.28. The molecule has 0 saturated carbocycles. The molecule has 0 atom stereocenters. The predicted octanol–water partition coefficient (Wildman–Crippen LogP) is 4.22. The van der Waals surface area contributed by atoms with Gasteiger partial charge in [0.15, 0.2) is 9.84 Å². The van der Waals surface area contributed by atoms with Gasteiger partial charge in [-0.15, -0.1) is 0 Å². The number of hydrogen-bond donors (Lipinski definition) is 0. The van der Waals surface area contributed by atoms with Crippen LogP contribution in [0.4, 0.5) is 0 Å². The third-order valence-corrected chi connectivity index (χ3v) is 7.52. The molecule has 0 saturated heterocycles. The van der Waals surface area contributed by atoms with Gasteiger partial charge in [0.1, 0.15) is 5.69 Å². The molecule has 3 aromatic rings. The summed E-state index contributed by atoms with van der Waals surface area (Å²) in [6.45, 7) is 2.84. The monoisotopic (exact) mass is 440 g/mol. The minimum atomic E-state index is -3.70. The van der Waals surface area contributed by atoms with Crippen LogP contribution in [-0.2, 0) is 28.6 Å². The average Bonchev–Trinajstić information content (AvgIpc) is 2.72. The van der Waals surface area contributed by atoms with Gasteiger partial charge in [0.05, 0.1) is 21.4 Å². The van der Waals surface area contributed by atoms with E-state index in [0.29, 0.717) is 24.3 Å². The molecule has 2 heterocycles. The van der Waals surface area contributed by atoms with Gasteiger partial charge in [0.2, 0.25) is 0 Å². The van der Waals surface area contributed by atoms with Gasteiger partial charge in [-0.25, -0.2) is 13.4 Å². The topological polar surface area (TPSA) is 67.3 Å². The van der Waals surface area contributed by atoms with Crippen molar-refractivity contribution in [2.75, 3.05) is 6.54 Å². The third kappa shape index (κ3) is 4.11. The average molecular weight is 441 g/mol. The van der Waals surface area contributed by atoms with E-state index >= 15 is 0 Å². The molecule has 4 rings (SSSR count). The smallest absolute Gasteiger partial charge is 0.272 e. The largest absolute Gasteiger partial charge is 0.333 e. The van der Waals surface area contributed by atoms with Crippen LogP contribution >= 0.6 is 11.6 Å². The van der Waals surface area contributed by atoms with Crippen molar-refractivity contribution in [2.24, 2.45) is 0 Å². The van der Waals surface area contributed by atoms with Crippen molar-refractivity contribution in [3.63, 3.8) is 0 Å². The van der Waals surface area contributed by atoms with Crippen LogP contribution in [0.3, 0.4) is 0 Å². The highest BCUT2D eigenvalue weighted by Crippen LogP contribution is 2.28. The second-order valence-corrected chi connectivity index (χ2v) is 9.74. The molecule has 0 aliphatic carbocycles. The Morgan fingerprint density at radius 3 is 2.53 bits per heavy atom. The van der Waals surface area contributed by atoms with E-state index < -0.39 is 9.84 Å². The number of amides is 1. The van der Waals surface area contributed by atoms with Crippen LogP contribution in [0.5, 0.6) is 0 Å². The SMILES string of the molecule is Cc1cccc(Cl)c1S(=O)(=O)Cc1cccc(C(=O)N2CCc3ccccc3C2)n1. The van der Waals surface area contributed by atoms with Crippen LogP contribution in [0.2, 0.25) is 5.02 Å². The van der Waals surface area contributed by atoms with E-state index in [4.69, 9.17) is 11.6 Å². The number of carbonyl (C=O) groups is 1. The lowest BCUT2D eigenvalue weighted by atomic mass is 10.00. The number of nitrogens with zero attached hydrogens (tertiary/aromatic N) is 2. The van der Waals surface area contributed by atoms with Crippen LogP contribution in [0.1, 0.15) is 32.9 Å². The van der Waals surface area contributed by atoms with Gasteiger partial charge in [-0.05, 0) is 48.2 Å². The Hall–Kier alpha value is -2.70. The number of benzene rings is 2. The number of halogens is 1. The standard InChI is InChI=1S/C23H21ClN2O3S/c1-16-6-4-10-20(24)22(16)30(28,29)15-19-9-5-11-21(25-19)23(27)26-13-12-17-7-2-3-8-18(17)14-26/h2-11H,12-15H2,1H3. The van der Waals surface area contributed by atoms with Crippen molar-refractivity contribution in [1.82, 2.24) is 9.88 Å². The molecular formula is C23H21ClN2O3S. The zero-order chi connectivity index (χ0) is 21.3. The Morgan fingerprint density at radius 2 is 1.77 bits per heavy atom. The summed E-state index contributed by atoms with van der Waals surface area (Å²) in [6, 6.07) is 18.0. The zero-order valence-corrected chi connectivity index (χ0v) is 18.1. The summed E-state index contributed by atoms with van der Waals surface area (Å²) in [4.78, 5) is 19.2. The Bertz CT molecular complexity index is 1200. The molecule has 1 aliphatic rings. The fraction of sp³-hybridized carbons (Fsp3) is 0.217. The first kappa shape index (κ1) is 20.6. The maximum Gasteiger partial charge on any atom is 0.272 e. The highest BCUT2D eigenvalue weighted by molar-refractivity contribution is 7.90. The summed E-state index contributed by atoms with van der Waals surface area (Å²) in [5.41, 5.74) is 3.53. The van der Waals surface area contributed by atoms with Crippen molar-refractivity contribution in [3.8, 4) is 0 Å². The molecule has 1 aromatic heterocycles. The minimum Gasteiger partial charge on any atom is -0.333 e. The number of hydrogen-bond acceptors (Lipinski definition) is 4. The van der Waals surface area contributed by atoms with Gasteiger partial charge in [-0.3, -0.25) is 4.79 Å². The predicted molar refractivity (Wildman–Crippen MR) is 116 cm³/mol. The first-order valence-corrected chi connectivity index (χ1v) is 11.7. The van der Waals surface area contributed by atoms with E-state index in [-0.39, 0.29) is 27.3 Å². The summed E-state index contributed by atoms with van der Waals surface area (Å²) >= 11 is 6.14. The second kappa shape index (κ2) is 8.20. The molecule has 0 bridgehead atoms. The summed E-state index contributed by atoms with van der Waals surface area (Å²) in [6.07, 6.45) is 0.793. The molecule has 2 aromatic carbocycles. The Kier molecular flexibility index (Phi) is 5.62. The summed E-state index contributed by atoms with van der Waals surface area (Å²) in [5, 5.41) is 0.189. The molecule has 0 radical (unpaired) electrons. The molecule has 30 heavy (non-hydrogen) atoms. The summed E-state index contributed by atoms with van der Waals surface area (Å²) < 4.78 is 25.9. The normalized spacial score (nSPS) is 13.7. The van der Waals surface area contributed by atoms with Crippen LogP contribution in [0.15, 0.2) is 65.6 Å². The summed E-state index contributed by atoms with van der Waals surface area (Å²) in [5.74, 6) is -0.515. The van der Waals surface area contributed by atoms with Gasteiger partial charge >= 0.3 is 0 Å². The molecule has 1 amide bonds. The second-order valence-electron chi connectivity index (χ2n) is 7.40. The molecular weight excluding hydrogens is 420 g/mol.